The summed E-state index contributed by atoms with van der Waals surface area (Å²) in [5.41, 5.74) is 3.33. The van der Waals surface area contributed by atoms with Gasteiger partial charge in [0.2, 0.25) is 11.8 Å². The fraction of sp³-hybridized carbons (Fsp3) is 0.185. The molecular weight excluding hydrogens is 458 g/mol. The minimum Gasteiger partial charge on any atom is -0.466 e. The number of oxazole rings is 1. The van der Waals surface area contributed by atoms with Crippen LogP contribution < -0.4 is 10.6 Å². The number of furan rings is 1. The minimum absolute atomic E-state index is 0.106. The van der Waals surface area contributed by atoms with Crippen LogP contribution in [0.1, 0.15) is 33.3 Å². The maximum absolute atomic E-state index is 12.6. The molecule has 0 fully saturated rings. The monoisotopic (exact) mass is 483 g/mol. The molecule has 182 valence electrons. The smallest absolute Gasteiger partial charge is 0.259 e. The second-order valence-corrected chi connectivity index (χ2v) is 8.52. The Hall–Kier alpha value is -4.66. The molecule has 3 aromatic heterocycles. The first-order valence-electron chi connectivity index (χ1n) is 11.5. The second-order valence-electron chi connectivity index (χ2n) is 8.52. The fourth-order valence-corrected chi connectivity index (χ4v) is 4.03. The summed E-state index contributed by atoms with van der Waals surface area (Å²) in [5.74, 6) is 1.83. The molecule has 0 aliphatic heterocycles. The first-order valence-corrected chi connectivity index (χ1v) is 11.5. The van der Waals surface area contributed by atoms with Crippen molar-refractivity contribution in [1.29, 1.82) is 0 Å². The Balaban J connectivity index is 1.25. The molecule has 0 spiro atoms. The number of hydrogen-bond donors (Lipinski definition) is 2. The summed E-state index contributed by atoms with van der Waals surface area (Å²) in [6.45, 7) is 5.69. The lowest BCUT2D eigenvalue weighted by Crippen LogP contribution is -2.27. The first kappa shape index (κ1) is 23.1. The number of nitrogens with zero attached hydrogens (tertiary/aromatic N) is 3. The summed E-state index contributed by atoms with van der Waals surface area (Å²) in [6.07, 6.45) is 1.74. The van der Waals surface area contributed by atoms with Gasteiger partial charge in [0, 0.05) is 16.6 Å². The summed E-state index contributed by atoms with van der Waals surface area (Å²) in [4.78, 5) is 29.7. The van der Waals surface area contributed by atoms with Crippen LogP contribution in [-0.2, 0) is 17.9 Å². The van der Waals surface area contributed by atoms with Gasteiger partial charge in [0.05, 0.1) is 23.8 Å². The summed E-state index contributed by atoms with van der Waals surface area (Å²) in [5, 5.41) is 11.0. The van der Waals surface area contributed by atoms with Crippen molar-refractivity contribution in [3.05, 3.63) is 89.3 Å². The van der Waals surface area contributed by atoms with Crippen molar-refractivity contribution in [3.8, 4) is 11.5 Å². The second kappa shape index (κ2) is 9.53. The Labute approximate surface area is 207 Å². The van der Waals surface area contributed by atoms with E-state index in [9.17, 15) is 9.59 Å². The van der Waals surface area contributed by atoms with Crippen molar-refractivity contribution in [3.63, 3.8) is 0 Å². The minimum atomic E-state index is -0.251. The third-order valence-electron chi connectivity index (χ3n) is 5.84. The van der Waals surface area contributed by atoms with Crippen molar-refractivity contribution in [2.24, 2.45) is 0 Å². The molecule has 0 aliphatic carbocycles. The van der Waals surface area contributed by atoms with E-state index in [0.29, 0.717) is 45.7 Å². The molecule has 0 atom stereocenters. The number of carbonyl (C=O) groups excluding carboxylic acids is 2. The zero-order valence-corrected chi connectivity index (χ0v) is 20.2. The van der Waals surface area contributed by atoms with Gasteiger partial charge in [-0.15, -0.1) is 0 Å². The fourth-order valence-electron chi connectivity index (χ4n) is 4.03. The van der Waals surface area contributed by atoms with E-state index in [1.54, 1.807) is 49.8 Å². The summed E-state index contributed by atoms with van der Waals surface area (Å²) in [6, 6.07) is 16.7. The summed E-state index contributed by atoms with van der Waals surface area (Å²) < 4.78 is 13.0. The summed E-state index contributed by atoms with van der Waals surface area (Å²) in [7, 11) is 0. The molecule has 2 N–H and O–H groups in total. The Morgan fingerprint density at radius 2 is 1.81 bits per heavy atom. The number of hydrogen-bond acceptors (Lipinski definition) is 6. The molecule has 36 heavy (non-hydrogen) atoms. The summed E-state index contributed by atoms with van der Waals surface area (Å²) >= 11 is 0. The average Bonchev–Trinajstić information content (AvgIpc) is 3.54. The molecule has 0 bridgehead atoms. The number of amides is 2. The Bertz CT molecular complexity index is 1580. The first-order chi connectivity index (χ1) is 17.4. The van der Waals surface area contributed by atoms with Gasteiger partial charge in [-0.3, -0.25) is 14.3 Å². The van der Waals surface area contributed by atoms with Gasteiger partial charge in [-0.2, -0.15) is 5.10 Å². The zero-order chi connectivity index (χ0) is 25.2. The van der Waals surface area contributed by atoms with E-state index in [1.165, 1.54) is 0 Å². The molecule has 5 rings (SSSR count). The number of benzene rings is 2. The topological polar surface area (TPSA) is 115 Å². The standard InChI is InChI=1S/C27H25N5O4/c1-16-11-22(17(2)35-16)26(34)30-21-9-6-8-19(12-21)27-31-23(18(3)36-27)14-28-25(33)15-32-24-10-5-4-7-20(24)13-29-32/h4-13H,14-15H2,1-3H3,(H,28,33)(H,30,34). The van der Waals surface area contributed by atoms with Gasteiger partial charge >= 0.3 is 0 Å². The number of anilines is 1. The number of carbonyl (C=O) groups is 2. The number of rotatable bonds is 7. The lowest BCUT2D eigenvalue weighted by molar-refractivity contribution is -0.121. The molecule has 0 radical (unpaired) electrons. The molecule has 9 heteroatoms. The SMILES string of the molecule is Cc1cc(C(=O)Nc2cccc(-c3nc(CNC(=O)Cn4ncc5ccccc54)c(C)o3)c2)c(C)o1. The highest BCUT2D eigenvalue weighted by Gasteiger charge is 2.16. The molecular formula is C27H25N5O4. The number of nitrogens with one attached hydrogen (secondary N) is 2. The lowest BCUT2D eigenvalue weighted by Gasteiger charge is -2.06. The Kier molecular flexibility index (Phi) is 6.12. The molecule has 0 saturated heterocycles. The van der Waals surface area contributed by atoms with Crippen LogP contribution in [0.2, 0.25) is 0 Å². The van der Waals surface area contributed by atoms with E-state index >= 15 is 0 Å². The maximum Gasteiger partial charge on any atom is 0.259 e. The molecule has 0 unspecified atom stereocenters. The highest BCUT2D eigenvalue weighted by atomic mass is 16.4. The largest absolute Gasteiger partial charge is 0.466 e. The van der Waals surface area contributed by atoms with E-state index in [2.05, 4.69) is 20.7 Å². The highest BCUT2D eigenvalue weighted by molar-refractivity contribution is 6.05. The van der Waals surface area contributed by atoms with Crippen LogP contribution in [0.4, 0.5) is 5.69 Å². The quantitative estimate of drug-likeness (QED) is 0.344. The van der Waals surface area contributed by atoms with Crippen LogP contribution in [0.5, 0.6) is 0 Å². The third-order valence-corrected chi connectivity index (χ3v) is 5.84. The molecule has 0 aliphatic rings. The highest BCUT2D eigenvalue weighted by Crippen LogP contribution is 2.25. The van der Waals surface area contributed by atoms with Gasteiger partial charge in [-0.1, -0.05) is 24.3 Å². The third kappa shape index (κ3) is 4.76. The molecule has 5 aromatic rings. The van der Waals surface area contributed by atoms with E-state index in [-0.39, 0.29) is 24.9 Å². The van der Waals surface area contributed by atoms with Crippen molar-refractivity contribution < 1.29 is 18.4 Å². The van der Waals surface area contributed by atoms with E-state index in [0.717, 1.165) is 10.9 Å². The molecule has 2 aromatic carbocycles. The van der Waals surface area contributed by atoms with Crippen LogP contribution in [0.25, 0.3) is 22.4 Å². The Morgan fingerprint density at radius 3 is 2.61 bits per heavy atom. The van der Waals surface area contributed by atoms with Crippen LogP contribution in [-0.4, -0.2) is 26.6 Å². The normalized spacial score (nSPS) is 11.1. The Morgan fingerprint density at radius 1 is 0.972 bits per heavy atom. The van der Waals surface area contributed by atoms with Crippen LogP contribution >= 0.6 is 0 Å². The van der Waals surface area contributed by atoms with E-state index in [1.807, 2.05) is 36.4 Å². The molecule has 9 nitrogen and oxygen atoms in total. The van der Waals surface area contributed by atoms with Gasteiger partial charge in [0.15, 0.2) is 0 Å². The van der Waals surface area contributed by atoms with Crippen LogP contribution in [0.15, 0.2) is 69.6 Å². The van der Waals surface area contributed by atoms with Gasteiger partial charge in [-0.25, -0.2) is 4.98 Å². The van der Waals surface area contributed by atoms with Crippen LogP contribution in [0, 0.1) is 20.8 Å². The van der Waals surface area contributed by atoms with Gasteiger partial charge in [0.25, 0.3) is 5.91 Å². The lowest BCUT2D eigenvalue weighted by atomic mass is 10.2. The zero-order valence-electron chi connectivity index (χ0n) is 20.2. The van der Waals surface area contributed by atoms with Gasteiger partial charge in [0.1, 0.15) is 29.5 Å². The molecule has 0 saturated carbocycles. The molecule has 3 heterocycles. The maximum atomic E-state index is 12.6. The van der Waals surface area contributed by atoms with E-state index < -0.39 is 0 Å². The predicted molar refractivity (Wildman–Crippen MR) is 134 cm³/mol. The van der Waals surface area contributed by atoms with Crippen LogP contribution in [0.3, 0.4) is 0 Å². The molecule has 2 amide bonds. The number of aromatic nitrogens is 3. The predicted octanol–water partition coefficient (Wildman–Crippen LogP) is 4.78. The van der Waals surface area contributed by atoms with Crippen molar-refractivity contribution in [2.75, 3.05) is 5.32 Å². The van der Waals surface area contributed by atoms with Gasteiger partial charge < -0.3 is 19.5 Å². The number of para-hydroxylation sites is 1. The van der Waals surface area contributed by atoms with Crippen molar-refractivity contribution >= 4 is 28.4 Å². The van der Waals surface area contributed by atoms with Crippen molar-refractivity contribution in [1.82, 2.24) is 20.1 Å². The van der Waals surface area contributed by atoms with Crippen molar-refractivity contribution in [2.45, 2.75) is 33.9 Å². The number of fused-ring (bicyclic) bond motifs is 1. The number of aryl methyl sites for hydroxylation is 3. The van der Waals surface area contributed by atoms with E-state index in [4.69, 9.17) is 8.83 Å². The van der Waals surface area contributed by atoms with Gasteiger partial charge in [-0.05, 0) is 51.1 Å². The average molecular weight is 484 g/mol.